The second kappa shape index (κ2) is 2.99. The van der Waals surface area contributed by atoms with Gasteiger partial charge >= 0.3 is 7.12 Å². The van der Waals surface area contributed by atoms with Gasteiger partial charge in [-0.1, -0.05) is 12.2 Å². The number of hydrogen-bond acceptors (Lipinski definition) is 2. The Kier molecular flexibility index (Phi) is 2.35. The predicted molar refractivity (Wildman–Crippen MR) is 41.8 cm³/mol. The molecule has 0 aromatic heterocycles. The fraction of sp³-hybridized carbons (Fsp3) is 0.429. The van der Waals surface area contributed by atoms with Crippen molar-refractivity contribution in [2.75, 3.05) is 0 Å². The Morgan fingerprint density at radius 1 is 1.58 bits per heavy atom. The molecular weight excluding hydrogens is 165 g/mol. The van der Waals surface area contributed by atoms with E-state index in [0.29, 0.717) is 0 Å². The van der Waals surface area contributed by atoms with Gasteiger partial charge in [-0.2, -0.15) is 0 Å². The molecule has 0 amide bonds. The van der Waals surface area contributed by atoms with Crippen LogP contribution in [0.15, 0.2) is 23.7 Å². The summed E-state index contributed by atoms with van der Waals surface area (Å²) in [5.41, 5.74) is -2.49. The summed E-state index contributed by atoms with van der Waals surface area (Å²) >= 11 is 0. The van der Waals surface area contributed by atoms with Crippen molar-refractivity contribution in [2.45, 2.75) is 18.8 Å². The summed E-state index contributed by atoms with van der Waals surface area (Å²) in [5, 5.41) is 17.3. The molecule has 0 saturated heterocycles. The summed E-state index contributed by atoms with van der Waals surface area (Å²) in [5.74, 6) is 0. The average Bonchev–Trinajstić information content (AvgIpc) is 1.94. The Labute approximate surface area is 69.4 Å². The smallest absolute Gasteiger partial charge is 0.423 e. The Hall–Kier alpha value is -0.675. The molecule has 1 aliphatic carbocycles. The zero-order chi connectivity index (χ0) is 9.35. The maximum atomic E-state index is 13.2. The van der Waals surface area contributed by atoms with Gasteiger partial charge in [-0.3, -0.25) is 0 Å². The minimum atomic E-state index is -2.15. The van der Waals surface area contributed by atoms with Crippen LogP contribution < -0.4 is 0 Å². The van der Waals surface area contributed by atoms with Gasteiger partial charge in [0.2, 0.25) is 0 Å². The molecule has 0 heterocycles. The van der Waals surface area contributed by atoms with Gasteiger partial charge in [0, 0.05) is 0 Å². The van der Waals surface area contributed by atoms with Gasteiger partial charge in [0.05, 0.1) is 0 Å². The van der Waals surface area contributed by atoms with Crippen molar-refractivity contribution in [3.63, 3.8) is 0 Å². The van der Waals surface area contributed by atoms with Gasteiger partial charge < -0.3 is 10.0 Å². The van der Waals surface area contributed by atoms with Gasteiger partial charge in [-0.25, -0.2) is 8.78 Å². The Balaban J connectivity index is 2.91. The summed E-state index contributed by atoms with van der Waals surface area (Å²) < 4.78 is 26.2. The van der Waals surface area contributed by atoms with Crippen molar-refractivity contribution < 1.29 is 18.8 Å². The molecule has 0 fully saturated rings. The number of rotatable bonds is 1. The average molecular weight is 174 g/mol. The van der Waals surface area contributed by atoms with E-state index in [0.717, 1.165) is 19.1 Å². The lowest BCUT2D eigenvalue weighted by atomic mass is 9.70. The Bertz CT molecular complexity index is 236. The molecule has 1 aliphatic rings. The molecule has 2 nitrogen and oxygen atoms in total. The molecular formula is C7H9BF2O2. The van der Waals surface area contributed by atoms with Crippen LogP contribution in [-0.4, -0.2) is 29.0 Å². The van der Waals surface area contributed by atoms with Crippen molar-refractivity contribution in [3.05, 3.63) is 23.7 Å². The molecule has 12 heavy (non-hydrogen) atoms. The van der Waals surface area contributed by atoms with E-state index in [4.69, 9.17) is 10.0 Å². The molecule has 0 aromatic carbocycles. The highest BCUT2D eigenvalue weighted by molar-refractivity contribution is 6.51. The maximum absolute atomic E-state index is 13.2. The highest BCUT2D eigenvalue weighted by Gasteiger charge is 2.40. The van der Waals surface area contributed by atoms with Crippen LogP contribution in [0.4, 0.5) is 8.78 Å². The highest BCUT2D eigenvalue weighted by Crippen LogP contribution is 2.30. The molecule has 1 rings (SSSR count). The zero-order valence-electron chi connectivity index (χ0n) is 6.54. The molecule has 2 atom stereocenters. The normalized spacial score (nSPS) is 34.8. The Morgan fingerprint density at radius 2 is 2.17 bits per heavy atom. The van der Waals surface area contributed by atoms with Gasteiger partial charge in [0.1, 0.15) is 0 Å². The van der Waals surface area contributed by atoms with Gasteiger partial charge in [0.15, 0.2) is 11.8 Å². The zero-order valence-corrected chi connectivity index (χ0v) is 6.54. The molecule has 0 radical (unpaired) electrons. The van der Waals surface area contributed by atoms with E-state index in [9.17, 15) is 8.78 Å². The van der Waals surface area contributed by atoms with Crippen LogP contribution in [0.3, 0.4) is 0 Å². The van der Waals surface area contributed by atoms with Crippen molar-refractivity contribution in [3.8, 4) is 0 Å². The number of hydrogen-bond donors (Lipinski definition) is 2. The van der Waals surface area contributed by atoms with E-state index in [1.807, 2.05) is 0 Å². The summed E-state index contributed by atoms with van der Waals surface area (Å²) in [6.07, 6.45) is 1.49. The van der Waals surface area contributed by atoms with E-state index in [1.165, 1.54) is 6.08 Å². The van der Waals surface area contributed by atoms with E-state index in [1.54, 1.807) is 0 Å². The first-order chi connectivity index (χ1) is 5.45. The van der Waals surface area contributed by atoms with Crippen molar-refractivity contribution in [1.29, 1.82) is 0 Å². The van der Waals surface area contributed by atoms with Crippen LogP contribution >= 0.6 is 0 Å². The number of halogens is 2. The van der Waals surface area contributed by atoms with Gasteiger partial charge in [-0.05, 0) is 18.5 Å². The Morgan fingerprint density at radius 3 is 2.58 bits per heavy atom. The molecule has 0 saturated carbocycles. The summed E-state index contributed by atoms with van der Waals surface area (Å²) in [4.78, 5) is 0. The first-order valence-corrected chi connectivity index (χ1v) is 3.53. The molecule has 2 N–H and O–H groups in total. The first kappa shape index (κ1) is 9.41. The fourth-order valence-electron chi connectivity index (χ4n) is 1.06. The van der Waals surface area contributed by atoms with Crippen LogP contribution in [-0.2, 0) is 0 Å². The van der Waals surface area contributed by atoms with E-state index < -0.39 is 19.0 Å². The van der Waals surface area contributed by atoms with Crippen molar-refractivity contribution in [2.24, 2.45) is 0 Å². The minimum absolute atomic E-state index is 0.345. The number of allylic oxidation sites excluding steroid dienone is 4. The summed E-state index contributed by atoms with van der Waals surface area (Å²) in [6.45, 7) is 1.05. The first-order valence-electron chi connectivity index (χ1n) is 3.53. The maximum Gasteiger partial charge on any atom is 0.487 e. The SMILES string of the molecule is CC1(F)C=CC=C(B(O)O)C1F. The molecule has 0 aromatic rings. The lowest BCUT2D eigenvalue weighted by molar-refractivity contribution is 0.137. The van der Waals surface area contributed by atoms with E-state index in [2.05, 4.69) is 0 Å². The molecule has 2 unspecified atom stereocenters. The van der Waals surface area contributed by atoms with Crippen LogP contribution in [0.25, 0.3) is 0 Å². The second-order valence-electron chi connectivity index (χ2n) is 2.91. The molecule has 5 heteroatoms. The van der Waals surface area contributed by atoms with Gasteiger partial charge in [-0.15, -0.1) is 0 Å². The highest BCUT2D eigenvalue weighted by atomic mass is 19.2. The van der Waals surface area contributed by atoms with E-state index >= 15 is 0 Å². The summed E-state index contributed by atoms with van der Waals surface area (Å²) in [6, 6.07) is 0. The summed E-state index contributed by atoms with van der Waals surface area (Å²) in [7, 11) is -1.93. The van der Waals surface area contributed by atoms with Crippen LogP contribution in [0.5, 0.6) is 0 Å². The monoisotopic (exact) mass is 174 g/mol. The van der Waals surface area contributed by atoms with Crippen LogP contribution in [0.1, 0.15) is 6.92 Å². The predicted octanol–water partition coefficient (Wildman–Crippen LogP) is 0.561. The fourth-order valence-corrected chi connectivity index (χ4v) is 1.06. The second-order valence-corrected chi connectivity index (χ2v) is 2.91. The van der Waals surface area contributed by atoms with Crippen LogP contribution in [0, 0.1) is 0 Å². The largest absolute Gasteiger partial charge is 0.487 e. The van der Waals surface area contributed by atoms with Crippen molar-refractivity contribution >= 4 is 7.12 Å². The quantitative estimate of drug-likeness (QED) is 0.570. The minimum Gasteiger partial charge on any atom is -0.423 e. The molecule has 0 spiro atoms. The molecule has 66 valence electrons. The topological polar surface area (TPSA) is 40.5 Å². The molecule has 0 aliphatic heterocycles. The van der Waals surface area contributed by atoms with Gasteiger partial charge in [0.25, 0.3) is 0 Å². The van der Waals surface area contributed by atoms with Crippen LogP contribution in [0.2, 0.25) is 0 Å². The third-order valence-corrected chi connectivity index (χ3v) is 1.80. The third kappa shape index (κ3) is 1.56. The lowest BCUT2D eigenvalue weighted by Gasteiger charge is -2.25. The number of alkyl halides is 2. The van der Waals surface area contributed by atoms with E-state index in [-0.39, 0.29) is 5.47 Å². The molecule has 0 bridgehead atoms. The lowest BCUT2D eigenvalue weighted by Crippen LogP contribution is -2.38. The standard InChI is InChI=1S/C7H9BF2O2/c1-7(10)4-2-3-5(6(7)9)8(11)12/h2-4,6,11-12H,1H3. The van der Waals surface area contributed by atoms with Crippen molar-refractivity contribution in [1.82, 2.24) is 0 Å². The third-order valence-electron chi connectivity index (χ3n) is 1.80.